The average molecular weight is 171 g/mol. The fourth-order valence-corrected chi connectivity index (χ4v) is 1.18. The maximum Gasteiger partial charge on any atom is 0.0607 e. The number of benzene rings is 1. The monoisotopic (exact) mass is 170 g/mol. The van der Waals surface area contributed by atoms with E-state index in [1.807, 2.05) is 30.3 Å². The summed E-state index contributed by atoms with van der Waals surface area (Å²) in [6, 6.07) is 9.77. The maximum absolute atomic E-state index is 8.61. The third kappa shape index (κ3) is 2.52. The van der Waals surface area contributed by atoms with Gasteiger partial charge in [0, 0.05) is 6.61 Å². The number of rotatable bonds is 3. The number of hydrogen-bond donors (Lipinski definition) is 1. The molecule has 0 aliphatic carbocycles. The summed E-state index contributed by atoms with van der Waals surface area (Å²) in [6.45, 7) is 0.142. The Balaban J connectivity index is 2.61. The van der Waals surface area contributed by atoms with Crippen molar-refractivity contribution in [2.24, 2.45) is 0 Å². The normalized spacial score (nSPS) is 12.9. The first kappa shape index (κ1) is 8.57. The molecule has 1 atom stereocenters. The quantitative estimate of drug-likeness (QED) is 0.691. The van der Waals surface area contributed by atoms with Crippen molar-refractivity contribution in [2.45, 2.75) is 11.8 Å². The first-order valence-electron chi connectivity index (χ1n) is 3.64. The van der Waals surface area contributed by atoms with Gasteiger partial charge in [-0.3, -0.25) is 0 Å². The van der Waals surface area contributed by atoms with E-state index in [1.165, 1.54) is 0 Å². The molecule has 1 rings (SSSR count). The van der Waals surface area contributed by atoms with Crippen LogP contribution in [0.3, 0.4) is 0 Å². The molecule has 1 unspecified atom stereocenters. The van der Waals surface area contributed by atoms with Crippen LogP contribution < -0.4 is 0 Å². The van der Waals surface area contributed by atoms with Gasteiger partial charge in [-0.05, 0) is 12.0 Å². The van der Waals surface area contributed by atoms with Crippen LogP contribution in [0, 0.1) is 0 Å². The van der Waals surface area contributed by atoms with Crippen LogP contribution in [-0.4, -0.2) is 11.7 Å². The Morgan fingerprint density at radius 3 is 2.45 bits per heavy atom. The summed E-state index contributed by atoms with van der Waals surface area (Å²) >= 11 is 5.95. The Labute approximate surface area is 71.6 Å². The largest absolute Gasteiger partial charge is 0.396 e. The lowest BCUT2D eigenvalue weighted by Gasteiger charge is -2.06. The zero-order chi connectivity index (χ0) is 8.10. The molecule has 1 N–H and O–H groups in total. The summed E-state index contributed by atoms with van der Waals surface area (Å²) in [5.74, 6) is 0. The molecule has 0 aliphatic rings. The van der Waals surface area contributed by atoms with Crippen LogP contribution in [0.1, 0.15) is 17.4 Å². The van der Waals surface area contributed by atoms with Gasteiger partial charge in [-0.25, -0.2) is 0 Å². The van der Waals surface area contributed by atoms with Crippen molar-refractivity contribution in [3.8, 4) is 0 Å². The maximum atomic E-state index is 8.61. The summed E-state index contributed by atoms with van der Waals surface area (Å²) < 4.78 is 0. The predicted molar refractivity (Wildman–Crippen MR) is 46.7 cm³/mol. The average Bonchev–Trinajstić information content (AvgIpc) is 2.07. The minimum atomic E-state index is -0.0544. The minimum absolute atomic E-state index is 0.0544. The first-order valence-corrected chi connectivity index (χ1v) is 4.08. The van der Waals surface area contributed by atoms with E-state index in [0.717, 1.165) is 5.56 Å². The topological polar surface area (TPSA) is 20.2 Å². The lowest BCUT2D eigenvalue weighted by molar-refractivity contribution is 0.286. The molecule has 0 saturated heterocycles. The zero-order valence-corrected chi connectivity index (χ0v) is 6.96. The van der Waals surface area contributed by atoms with Crippen molar-refractivity contribution in [3.63, 3.8) is 0 Å². The van der Waals surface area contributed by atoms with Gasteiger partial charge >= 0.3 is 0 Å². The van der Waals surface area contributed by atoms with Crippen LogP contribution in [0.25, 0.3) is 0 Å². The van der Waals surface area contributed by atoms with Gasteiger partial charge in [-0.15, -0.1) is 11.6 Å². The Morgan fingerprint density at radius 1 is 1.27 bits per heavy atom. The van der Waals surface area contributed by atoms with Gasteiger partial charge in [0.25, 0.3) is 0 Å². The van der Waals surface area contributed by atoms with Crippen molar-refractivity contribution in [3.05, 3.63) is 35.9 Å². The molecule has 1 aromatic carbocycles. The fraction of sp³-hybridized carbons (Fsp3) is 0.333. The van der Waals surface area contributed by atoms with Gasteiger partial charge in [0.05, 0.1) is 5.38 Å². The van der Waals surface area contributed by atoms with Crippen LogP contribution in [0.2, 0.25) is 0 Å². The lowest BCUT2D eigenvalue weighted by Crippen LogP contribution is -1.92. The Morgan fingerprint density at radius 2 is 1.91 bits per heavy atom. The van der Waals surface area contributed by atoms with Crippen molar-refractivity contribution in [1.82, 2.24) is 0 Å². The molecule has 0 saturated carbocycles. The van der Waals surface area contributed by atoms with Crippen LogP contribution in [-0.2, 0) is 0 Å². The Kier molecular flexibility index (Phi) is 3.40. The molecule has 0 aliphatic heterocycles. The first-order chi connectivity index (χ1) is 5.34. The molecule has 11 heavy (non-hydrogen) atoms. The lowest BCUT2D eigenvalue weighted by atomic mass is 10.1. The van der Waals surface area contributed by atoms with Crippen LogP contribution in [0.4, 0.5) is 0 Å². The predicted octanol–water partition coefficient (Wildman–Crippen LogP) is 2.35. The Bertz CT molecular complexity index is 198. The SMILES string of the molecule is OCCC(Cl)c1ccccc1. The number of halogens is 1. The third-order valence-corrected chi connectivity index (χ3v) is 2.01. The number of hydrogen-bond acceptors (Lipinski definition) is 1. The molecule has 1 nitrogen and oxygen atoms in total. The summed E-state index contributed by atoms with van der Waals surface area (Å²) in [5, 5.41) is 8.56. The molecule has 2 heteroatoms. The standard InChI is InChI=1S/C9H11ClO/c10-9(6-7-11)8-4-2-1-3-5-8/h1-5,9,11H,6-7H2. The van der Waals surface area contributed by atoms with Gasteiger partial charge in [0.1, 0.15) is 0 Å². The van der Waals surface area contributed by atoms with E-state index < -0.39 is 0 Å². The van der Waals surface area contributed by atoms with Crippen molar-refractivity contribution < 1.29 is 5.11 Å². The second kappa shape index (κ2) is 4.37. The molecule has 0 radical (unpaired) electrons. The van der Waals surface area contributed by atoms with E-state index in [1.54, 1.807) is 0 Å². The highest BCUT2D eigenvalue weighted by atomic mass is 35.5. The molecular weight excluding hydrogens is 160 g/mol. The summed E-state index contributed by atoms with van der Waals surface area (Å²) in [4.78, 5) is 0. The van der Waals surface area contributed by atoms with E-state index in [0.29, 0.717) is 6.42 Å². The smallest absolute Gasteiger partial charge is 0.0607 e. The molecule has 0 aromatic heterocycles. The van der Waals surface area contributed by atoms with Crippen LogP contribution >= 0.6 is 11.6 Å². The third-order valence-electron chi connectivity index (χ3n) is 1.54. The number of alkyl halides is 1. The molecule has 0 spiro atoms. The van der Waals surface area contributed by atoms with Gasteiger partial charge in [-0.2, -0.15) is 0 Å². The second-order valence-electron chi connectivity index (χ2n) is 2.39. The van der Waals surface area contributed by atoms with Gasteiger partial charge < -0.3 is 5.11 Å². The van der Waals surface area contributed by atoms with E-state index in [4.69, 9.17) is 16.7 Å². The van der Waals surface area contributed by atoms with Crippen LogP contribution in [0.15, 0.2) is 30.3 Å². The van der Waals surface area contributed by atoms with Crippen molar-refractivity contribution in [1.29, 1.82) is 0 Å². The molecule has 0 amide bonds. The van der Waals surface area contributed by atoms with E-state index in [2.05, 4.69) is 0 Å². The van der Waals surface area contributed by atoms with E-state index >= 15 is 0 Å². The van der Waals surface area contributed by atoms with E-state index in [9.17, 15) is 0 Å². The summed E-state index contributed by atoms with van der Waals surface area (Å²) in [6.07, 6.45) is 0.617. The van der Waals surface area contributed by atoms with Crippen molar-refractivity contribution >= 4 is 11.6 Å². The molecule has 0 heterocycles. The zero-order valence-electron chi connectivity index (χ0n) is 6.20. The number of aliphatic hydroxyl groups is 1. The highest BCUT2D eigenvalue weighted by Crippen LogP contribution is 2.22. The molecule has 60 valence electrons. The Hall–Kier alpha value is -0.530. The molecular formula is C9H11ClO. The second-order valence-corrected chi connectivity index (χ2v) is 2.92. The van der Waals surface area contributed by atoms with Gasteiger partial charge in [0.15, 0.2) is 0 Å². The van der Waals surface area contributed by atoms with Gasteiger partial charge in [0.2, 0.25) is 0 Å². The molecule has 1 aromatic rings. The van der Waals surface area contributed by atoms with Crippen LogP contribution in [0.5, 0.6) is 0 Å². The molecule has 0 fully saturated rings. The summed E-state index contributed by atoms with van der Waals surface area (Å²) in [5.41, 5.74) is 1.07. The summed E-state index contributed by atoms with van der Waals surface area (Å²) in [7, 11) is 0. The minimum Gasteiger partial charge on any atom is -0.396 e. The molecule has 0 bridgehead atoms. The van der Waals surface area contributed by atoms with Crippen molar-refractivity contribution in [2.75, 3.05) is 6.61 Å². The number of aliphatic hydroxyl groups excluding tert-OH is 1. The fourth-order valence-electron chi connectivity index (χ4n) is 0.942. The van der Waals surface area contributed by atoms with E-state index in [-0.39, 0.29) is 12.0 Å². The highest BCUT2D eigenvalue weighted by Gasteiger charge is 2.04. The van der Waals surface area contributed by atoms with Gasteiger partial charge in [-0.1, -0.05) is 30.3 Å². The highest BCUT2D eigenvalue weighted by molar-refractivity contribution is 6.20.